The Kier molecular flexibility index (Phi) is 4.41. The second-order valence-electron chi connectivity index (χ2n) is 3.73. The molecule has 0 atom stereocenters. The van der Waals surface area contributed by atoms with Crippen LogP contribution in [-0.4, -0.2) is 0 Å². The first-order chi connectivity index (χ1) is 8.54. The molecule has 0 saturated carbocycles. The molecule has 0 bridgehead atoms. The third-order valence-corrected chi connectivity index (χ3v) is 4.14. The molecule has 0 amide bonds. The van der Waals surface area contributed by atoms with Gasteiger partial charge in [0.05, 0.1) is 15.1 Å². The molecule has 0 heterocycles. The van der Waals surface area contributed by atoms with E-state index in [1.807, 2.05) is 18.2 Å². The van der Waals surface area contributed by atoms with Crippen LogP contribution in [0.5, 0.6) is 0 Å². The second kappa shape index (κ2) is 5.68. The van der Waals surface area contributed by atoms with Gasteiger partial charge in [0.25, 0.3) is 0 Å². The molecule has 2 aromatic rings. The molecular weight excluding hydrogens is 312 g/mol. The molecule has 2 aromatic carbocycles. The van der Waals surface area contributed by atoms with Crippen LogP contribution in [0.1, 0.15) is 5.56 Å². The van der Waals surface area contributed by atoms with E-state index in [0.717, 1.165) is 16.7 Å². The fourth-order valence-electron chi connectivity index (χ4n) is 1.75. The number of benzene rings is 2. The molecule has 94 valence electrons. The Morgan fingerprint density at radius 2 is 1.67 bits per heavy atom. The van der Waals surface area contributed by atoms with Crippen LogP contribution in [0.25, 0.3) is 11.1 Å². The van der Waals surface area contributed by atoms with Crippen molar-refractivity contribution >= 4 is 46.4 Å². The number of halogens is 4. The Hall–Kier alpha value is -0.440. The van der Waals surface area contributed by atoms with Gasteiger partial charge >= 0.3 is 0 Å². The number of rotatable bonds is 2. The summed E-state index contributed by atoms with van der Waals surface area (Å²) in [4.78, 5) is 0. The summed E-state index contributed by atoms with van der Waals surface area (Å²) in [5.41, 5.74) is 8.24. The van der Waals surface area contributed by atoms with E-state index in [9.17, 15) is 0 Å². The minimum Gasteiger partial charge on any atom is -0.326 e. The van der Waals surface area contributed by atoms with E-state index in [-0.39, 0.29) is 6.54 Å². The highest BCUT2D eigenvalue weighted by Crippen LogP contribution is 2.39. The van der Waals surface area contributed by atoms with Gasteiger partial charge in [-0.25, -0.2) is 0 Å². The first-order valence-electron chi connectivity index (χ1n) is 5.17. The van der Waals surface area contributed by atoms with Crippen molar-refractivity contribution in [3.63, 3.8) is 0 Å². The molecule has 0 radical (unpaired) electrons. The van der Waals surface area contributed by atoms with E-state index in [1.165, 1.54) is 0 Å². The van der Waals surface area contributed by atoms with Crippen LogP contribution in [-0.2, 0) is 6.54 Å². The van der Waals surface area contributed by atoms with Crippen LogP contribution in [0.15, 0.2) is 30.3 Å². The number of nitrogens with two attached hydrogens (primary N) is 1. The van der Waals surface area contributed by atoms with Crippen molar-refractivity contribution in [2.75, 3.05) is 0 Å². The largest absolute Gasteiger partial charge is 0.326 e. The maximum atomic E-state index is 6.16. The van der Waals surface area contributed by atoms with Crippen molar-refractivity contribution in [1.82, 2.24) is 0 Å². The number of hydrogen-bond acceptors (Lipinski definition) is 1. The molecule has 0 aliphatic heterocycles. The maximum absolute atomic E-state index is 6.16. The third kappa shape index (κ3) is 2.61. The zero-order valence-corrected chi connectivity index (χ0v) is 12.2. The topological polar surface area (TPSA) is 26.0 Å². The van der Waals surface area contributed by atoms with Crippen molar-refractivity contribution in [3.05, 3.63) is 56.0 Å². The molecule has 0 fully saturated rings. The van der Waals surface area contributed by atoms with Crippen molar-refractivity contribution in [2.45, 2.75) is 6.54 Å². The van der Waals surface area contributed by atoms with Gasteiger partial charge in [0.15, 0.2) is 0 Å². The zero-order valence-electron chi connectivity index (χ0n) is 9.18. The highest BCUT2D eigenvalue weighted by molar-refractivity contribution is 6.48. The molecule has 0 saturated heterocycles. The van der Waals surface area contributed by atoms with E-state index >= 15 is 0 Å². The summed E-state index contributed by atoms with van der Waals surface area (Å²) in [7, 11) is 0. The first-order valence-corrected chi connectivity index (χ1v) is 6.68. The van der Waals surface area contributed by atoms with Gasteiger partial charge in [0.1, 0.15) is 0 Å². The Morgan fingerprint density at radius 1 is 0.944 bits per heavy atom. The van der Waals surface area contributed by atoms with Gasteiger partial charge in [-0.05, 0) is 34.9 Å². The van der Waals surface area contributed by atoms with Gasteiger partial charge in [-0.3, -0.25) is 0 Å². The van der Waals surface area contributed by atoms with E-state index < -0.39 is 0 Å². The Morgan fingerprint density at radius 3 is 2.28 bits per heavy atom. The second-order valence-corrected chi connectivity index (χ2v) is 5.33. The summed E-state index contributed by atoms with van der Waals surface area (Å²) >= 11 is 24.2. The lowest BCUT2D eigenvalue weighted by atomic mass is 9.99. The van der Waals surface area contributed by atoms with Gasteiger partial charge < -0.3 is 5.73 Å². The van der Waals surface area contributed by atoms with Crippen LogP contribution < -0.4 is 5.73 Å². The fourth-order valence-corrected chi connectivity index (χ4v) is 2.64. The molecule has 2 N–H and O–H groups in total. The predicted octanol–water partition coefficient (Wildman–Crippen LogP) is 5.43. The monoisotopic (exact) mass is 319 g/mol. The van der Waals surface area contributed by atoms with Crippen molar-refractivity contribution in [1.29, 1.82) is 0 Å². The zero-order chi connectivity index (χ0) is 13.3. The van der Waals surface area contributed by atoms with Crippen molar-refractivity contribution in [2.24, 2.45) is 5.73 Å². The normalized spacial score (nSPS) is 10.7. The van der Waals surface area contributed by atoms with Gasteiger partial charge in [-0.15, -0.1) is 0 Å². The minimum absolute atomic E-state index is 0.275. The van der Waals surface area contributed by atoms with Gasteiger partial charge in [0.2, 0.25) is 0 Å². The highest BCUT2D eigenvalue weighted by atomic mass is 35.5. The molecule has 0 aliphatic rings. The van der Waals surface area contributed by atoms with E-state index in [1.54, 1.807) is 12.1 Å². The smallest absolute Gasteiger partial charge is 0.0782 e. The summed E-state index contributed by atoms with van der Waals surface area (Å²) in [6.07, 6.45) is 0. The molecule has 1 nitrogen and oxygen atoms in total. The quantitative estimate of drug-likeness (QED) is 0.734. The van der Waals surface area contributed by atoms with E-state index in [2.05, 4.69) is 0 Å². The van der Waals surface area contributed by atoms with Gasteiger partial charge in [-0.2, -0.15) is 0 Å². The molecule has 2 rings (SSSR count). The lowest BCUT2D eigenvalue weighted by Gasteiger charge is -2.13. The van der Waals surface area contributed by atoms with E-state index in [4.69, 9.17) is 52.1 Å². The summed E-state index contributed by atoms with van der Waals surface area (Å²) in [5, 5.41) is 1.75. The standard InChI is InChI=1S/C13H9Cl4N/c14-8-3-1-2-7(4-8)9-5-11(15)13(17)12(16)10(9)6-18/h1-5H,6,18H2. The average Bonchev–Trinajstić information content (AvgIpc) is 2.35. The van der Waals surface area contributed by atoms with E-state index in [0.29, 0.717) is 20.1 Å². The SMILES string of the molecule is NCc1c(-c2cccc(Cl)c2)cc(Cl)c(Cl)c1Cl. The highest BCUT2D eigenvalue weighted by Gasteiger charge is 2.15. The summed E-state index contributed by atoms with van der Waals surface area (Å²) in [6, 6.07) is 9.15. The summed E-state index contributed by atoms with van der Waals surface area (Å²) < 4.78 is 0. The van der Waals surface area contributed by atoms with Crippen LogP contribution >= 0.6 is 46.4 Å². The third-order valence-electron chi connectivity index (χ3n) is 2.60. The van der Waals surface area contributed by atoms with Crippen molar-refractivity contribution < 1.29 is 0 Å². The Bertz CT molecular complexity index is 596. The molecule has 0 spiro atoms. The predicted molar refractivity (Wildman–Crippen MR) is 79.8 cm³/mol. The minimum atomic E-state index is 0.275. The van der Waals surface area contributed by atoms with Crippen LogP contribution in [0, 0.1) is 0 Å². The average molecular weight is 321 g/mol. The lowest BCUT2D eigenvalue weighted by molar-refractivity contribution is 1.07. The molecule has 18 heavy (non-hydrogen) atoms. The maximum Gasteiger partial charge on any atom is 0.0782 e. The molecule has 0 aliphatic carbocycles. The first kappa shape index (κ1) is 14.0. The van der Waals surface area contributed by atoms with Crippen molar-refractivity contribution in [3.8, 4) is 11.1 Å². The van der Waals surface area contributed by atoms with Crippen LogP contribution in [0.2, 0.25) is 20.1 Å². The van der Waals surface area contributed by atoms with Crippen LogP contribution in [0.4, 0.5) is 0 Å². The Balaban J connectivity index is 2.71. The van der Waals surface area contributed by atoms with Crippen LogP contribution in [0.3, 0.4) is 0 Å². The number of hydrogen-bond donors (Lipinski definition) is 1. The molecule has 0 aromatic heterocycles. The summed E-state index contributed by atoms with van der Waals surface area (Å²) in [6.45, 7) is 0.275. The van der Waals surface area contributed by atoms with Gasteiger partial charge in [-0.1, -0.05) is 58.5 Å². The fraction of sp³-hybridized carbons (Fsp3) is 0.0769. The van der Waals surface area contributed by atoms with Gasteiger partial charge in [0, 0.05) is 11.6 Å². The summed E-state index contributed by atoms with van der Waals surface area (Å²) in [5.74, 6) is 0. The molecule has 0 unspecified atom stereocenters. The molecule has 5 heteroatoms. The lowest BCUT2D eigenvalue weighted by Crippen LogP contribution is -2.01. The molecular formula is C13H9Cl4N. The Labute approximate surface area is 125 Å².